The lowest BCUT2D eigenvalue weighted by molar-refractivity contribution is -0.0103. The van der Waals surface area contributed by atoms with Crippen molar-refractivity contribution in [3.8, 4) is 0 Å². The van der Waals surface area contributed by atoms with E-state index in [0.29, 0.717) is 18.9 Å². The van der Waals surface area contributed by atoms with Crippen molar-refractivity contribution < 1.29 is 14.4 Å². The first-order valence-corrected chi connectivity index (χ1v) is 8.17. The topological polar surface area (TPSA) is 68.4 Å². The highest BCUT2D eigenvalue weighted by Crippen LogP contribution is 2.60. The van der Waals surface area contributed by atoms with Gasteiger partial charge in [-0.15, -0.1) is 0 Å². The molecule has 1 heterocycles. The maximum atomic E-state index is 9.79. The van der Waals surface area contributed by atoms with Crippen molar-refractivity contribution in [1.82, 2.24) is 10.1 Å². The zero-order valence-corrected chi connectivity index (χ0v) is 12.6. The van der Waals surface area contributed by atoms with Gasteiger partial charge in [-0.1, -0.05) is 5.16 Å². The summed E-state index contributed by atoms with van der Waals surface area (Å²) in [4.78, 5) is 4.63. The van der Waals surface area contributed by atoms with E-state index in [9.17, 15) is 5.11 Å². The van der Waals surface area contributed by atoms with Crippen LogP contribution in [0.25, 0.3) is 0 Å². The fraction of sp³-hybridized carbons (Fsp3) is 0.875. The first kappa shape index (κ1) is 13.7. The van der Waals surface area contributed by atoms with Crippen molar-refractivity contribution in [2.75, 3.05) is 13.7 Å². The first-order chi connectivity index (χ1) is 10.2. The molecular formula is C16H24N2O3. The number of methoxy groups -OCH3 is 1. The Bertz CT molecular complexity index is 478. The Balaban J connectivity index is 1.53. The van der Waals surface area contributed by atoms with Gasteiger partial charge in [0.05, 0.1) is 19.1 Å². The Kier molecular flexibility index (Phi) is 3.30. The van der Waals surface area contributed by atoms with Crippen molar-refractivity contribution in [3.05, 3.63) is 11.7 Å². The molecule has 5 rings (SSSR count). The van der Waals surface area contributed by atoms with Crippen molar-refractivity contribution in [1.29, 1.82) is 0 Å². The SMILES string of the molecule is COCC(O)Cc1nc(C23CC4CC(CC(C4)C2)C3)no1. The average molecular weight is 292 g/mol. The van der Waals surface area contributed by atoms with Crippen LogP contribution in [0.3, 0.4) is 0 Å². The molecule has 1 N–H and O–H groups in total. The van der Waals surface area contributed by atoms with Crippen LogP contribution < -0.4 is 0 Å². The molecule has 21 heavy (non-hydrogen) atoms. The molecule has 4 saturated carbocycles. The van der Waals surface area contributed by atoms with E-state index >= 15 is 0 Å². The molecular weight excluding hydrogens is 268 g/mol. The van der Waals surface area contributed by atoms with Crippen LogP contribution in [-0.2, 0) is 16.6 Å². The third-order valence-corrected chi connectivity index (χ3v) is 5.75. The van der Waals surface area contributed by atoms with Crippen LogP contribution in [-0.4, -0.2) is 35.1 Å². The predicted molar refractivity (Wildman–Crippen MR) is 75.7 cm³/mol. The molecule has 4 aliphatic rings. The quantitative estimate of drug-likeness (QED) is 0.900. The molecule has 0 radical (unpaired) electrons. The molecule has 1 aromatic heterocycles. The number of aliphatic hydroxyl groups excluding tert-OH is 1. The van der Waals surface area contributed by atoms with Gasteiger partial charge in [0.1, 0.15) is 0 Å². The van der Waals surface area contributed by atoms with Crippen molar-refractivity contribution in [3.63, 3.8) is 0 Å². The second-order valence-electron chi connectivity index (χ2n) is 7.52. The Morgan fingerprint density at radius 2 is 1.86 bits per heavy atom. The molecule has 5 nitrogen and oxygen atoms in total. The first-order valence-electron chi connectivity index (χ1n) is 8.17. The minimum Gasteiger partial charge on any atom is -0.390 e. The molecule has 0 aliphatic heterocycles. The van der Waals surface area contributed by atoms with Crippen LogP contribution in [0.15, 0.2) is 4.52 Å². The number of hydrogen-bond acceptors (Lipinski definition) is 5. The van der Waals surface area contributed by atoms with Crippen molar-refractivity contribution >= 4 is 0 Å². The summed E-state index contributed by atoms with van der Waals surface area (Å²) in [6, 6.07) is 0. The smallest absolute Gasteiger partial charge is 0.229 e. The van der Waals surface area contributed by atoms with Crippen LogP contribution in [0.2, 0.25) is 0 Å². The molecule has 0 saturated heterocycles. The monoisotopic (exact) mass is 292 g/mol. The third kappa shape index (κ3) is 2.40. The average Bonchev–Trinajstić information content (AvgIpc) is 2.86. The number of aliphatic hydroxyl groups is 1. The minimum absolute atomic E-state index is 0.169. The summed E-state index contributed by atoms with van der Waals surface area (Å²) in [6.07, 6.45) is 7.76. The van der Waals surface area contributed by atoms with Gasteiger partial charge in [-0.25, -0.2) is 0 Å². The summed E-state index contributed by atoms with van der Waals surface area (Å²) in [6.45, 7) is 0.301. The number of nitrogens with zero attached hydrogens (tertiary/aromatic N) is 2. The molecule has 0 aromatic carbocycles. The highest BCUT2D eigenvalue weighted by atomic mass is 16.5. The van der Waals surface area contributed by atoms with Gasteiger partial charge in [0.25, 0.3) is 0 Å². The molecule has 116 valence electrons. The van der Waals surface area contributed by atoms with Crippen LogP contribution in [0.4, 0.5) is 0 Å². The summed E-state index contributed by atoms with van der Waals surface area (Å²) in [7, 11) is 1.58. The van der Waals surface area contributed by atoms with Crippen molar-refractivity contribution in [2.24, 2.45) is 17.8 Å². The minimum atomic E-state index is -0.570. The summed E-state index contributed by atoms with van der Waals surface area (Å²) in [5.41, 5.74) is 0.169. The normalized spacial score (nSPS) is 38.9. The van der Waals surface area contributed by atoms with Crippen LogP contribution >= 0.6 is 0 Å². The van der Waals surface area contributed by atoms with Gasteiger partial charge in [0.15, 0.2) is 5.82 Å². The van der Waals surface area contributed by atoms with Crippen LogP contribution in [0.1, 0.15) is 50.2 Å². The van der Waals surface area contributed by atoms with Gasteiger partial charge in [0.2, 0.25) is 5.89 Å². The van der Waals surface area contributed by atoms with E-state index in [1.165, 1.54) is 38.5 Å². The molecule has 1 aromatic rings. The largest absolute Gasteiger partial charge is 0.390 e. The van der Waals surface area contributed by atoms with Gasteiger partial charge >= 0.3 is 0 Å². The van der Waals surface area contributed by atoms with E-state index in [-0.39, 0.29) is 5.41 Å². The van der Waals surface area contributed by atoms with Gasteiger partial charge in [-0.3, -0.25) is 0 Å². The fourth-order valence-corrected chi connectivity index (χ4v) is 5.39. The zero-order valence-electron chi connectivity index (χ0n) is 12.6. The number of ether oxygens (including phenoxy) is 1. The summed E-state index contributed by atoms with van der Waals surface area (Å²) in [5.74, 6) is 4.07. The van der Waals surface area contributed by atoms with E-state index in [4.69, 9.17) is 9.26 Å². The number of hydrogen-bond donors (Lipinski definition) is 1. The van der Waals surface area contributed by atoms with E-state index in [0.717, 1.165) is 23.6 Å². The van der Waals surface area contributed by atoms with Gasteiger partial charge in [0, 0.05) is 12.5 Å². The maximum Gasteiger partial charge on any atom is 0.229 e. The highest BCUT2D eigenvalue weighted by molar-refractivity contribution is 5.16. The lowest BCUT2D eigenvalue weighted by atomic mass is 9.49. The van der Waals surface area contributed by atoms with Gasteiger partial charge < -0.3 is 14.4 Å². The molecule has 4 fully saturated rings. The molecule has 4 aliphatic carbocycles. The Hall–Kier alpha value is -0.940. The zero-order chi connectivity index (χ0) is 14.4. The van der Waals surface area contributed by atoms with E-state index < -0.39 is 6.10 Å². The predicted octanol–water partition coefficient (Wildman–Crippen LogP) is 2.09. The van der Waals surface area contributed by atoms with Gasteiger partial charge in [-0.2, -0.15) is 4.98 Å². The second-order valence-corrected chi connectivity index (χ2v) is 7.52. The highest BCUT2D eigenvalue weighted by Gasteiger charge is 2.53. The molecule has 0 amide bonds. The third-order valence-electron chi connectivity index (χ3n) is 5.75. The molecule has 1 atom stereocenters. The van der Waals surface area contributed by atoms with E-state index in [1.54, 1.807) is 7.11 Å². The maximum absolute atomic E-state index is 9.79. The molecule has 4 bridgehead atoms. The van der Waals surface area contributed by atoms with Crippen LogP contribution in [0, 0.1) is 17.8 Å². The van der Waals surface area contributed by atoms with Gasteiger partial charge in [-0.05, 0) is 56.3 Å². The van der Waals surface area contributed by atoms with Crippen molar-refractivity contribution in [2.45, 2.75) is 56.5 Å². The number of rotatable bonds is 5. The summed E-state index contributed by atoms with van der Waals surface area (Å²) >= 11 is 0. The molecule has 5 heteroatoms. The Morgan fingerprint density at radius 3 is 2.43 bits per heavy atom. The molecule has 0 spiro atoms. The van der Waals surface area contributed by atoms with E-state index in [2.05, 4.69) is 10.1 Å². The second kappa shape index (κ2) is 5.06. The van der Waals surface area contributed by atoms with Crippen LogP contribution in [0.5, 0.6) is 0 Å². The standard InChI is InChI=1S/C16H24N2O3/c1-20-9-13(19)5-14-17-15(18-21-14)16-6-10-2-11(7-16)4-12(3-10)8-16/h10-13,19H,2-9H2,1H3. The Labute approximate surface area is 125 Å². The lowest BCUT2D eigenvalue weighted by Crippen LogP contribution is -2.49. The Morgan fingerprint density at radius 1 is 1.24 bits per heavy atom. The van der Waals surface area contributed by atoms with E-state index in [1.807, 2.05) is 0 Å². The lowest BCUT2D eigenvalue weighted by Gasteiger charge is -2.55. The molecule has 1 unspecified atom stereocenters. The summed E-state index contributed by atoms with van der Waals surface area (Å²) in [5, 5.41) is 14.1. The summed E-state index contributed by atoms with van der Waals surface area (Å²) < 4.78 is 10.3. The number of aromatic nitrogens is 2. The fourth-order valence-electron chi connectivity index (χ4n) is 5.39.